The van der Waals surface area contributed by atoms with Crippen LogP contribution in [0.25, 0.3) is 5.76 Å². The average molecular weight is 475 g/mol. The summed E-state index contributed by atoms with van der Waals surface area (Å²) in [6.45, 7) is 2.84. The zero-order chi connectivity index (χ0) is 24.3. The third-order valence-corrected chi connectivity index (χ3v) is 5.69. The quantitative estimate of drug-likeness (QED) is 0.343. The average Bonchev–Trinajstić information content (AvgIpc) is 3.04. The van der Waals surface area contributed by atoms with Crippen LogP contribution in [0.3, 0.4) is 0 Å². The normalized spacial score (nSPS) is 17.6. The number of phenolic OH excluding ortho intramolecular Hbond substituents is 1. The molecule has 1 fully saturated rings. The lowest BCUT2D eigenvalue weighted by atomic mass is 9.95. The van der Waals surface area contributed by atoms with Gasteiger partial charge in [-0.05, 0) is 56.9 Å². The van der Waals surface area contributed by atoms with Crippen molar-refractivity contribution in [2.24, 2.45) is 0 Å². The monoisotopic (exact) mass is 474 g/mol. The molecule has 1 amide bonds. The molecule has 0 saturated carbocycles. The Balaban J connectivity index is 2.22. The van der Waals surface area contributed by atoms with Gasteiger partial charge in [-0.2, -0.15) is 0 Å². The molecule has 0 spiro atoms. The minimum Gasteiger partial charge on any atom is -0.507 e. The number of amides is 1. The molecule has 8 nitrogen and oxygen atoms in total. The summed E-state index contributed by atoms with van der Waals surface area (Å²) in [5.74, 6) is -1.37. The summed E-state index contributed by atoms with van der Waals surface area (Å²) in [5, 5.41) is 21.5. The SMILES string of the molecule is CCOc1cc(C2/C(=C(\O)c3cc(OC)ccc3Cl)C(=O)C(=O)N2CCN(C)C)ccc1O. The number of carbonyl (C=O) groups is 2. The highest BCUT2D eigenvalue weighted by Crippen LogP contribution is 2.42. The number of methoxy groups -OCH3 is 1. The molecular weight excluding hydrogens is 448 g/mol. The number of hydrogen-bond acceptors (Lipinski definition) is 7. The number of phenols is 1. The van der Waals surface area contributed by atoms with Gasteiger partial charge in [0.2, 0.25) is 0 Å². The summed E-state index contributed by atoms with van der Waals surface area (Å²) in [5.41, 5.74) is 0.590. The zero-order valence-electron chi connectivity index (χ0n) is 19.0. The summed E-state index contributed by atoms with van der Waals surface area (Å²) in [7, 11) is 5.18. The van der Waals surface area contributed by atoms with Crippen LogP contribution < -0.4 is 9.47 Å². The molecule has 0 aliphatic carbocycles. The van der Waals surface area contributed by atoms with Crippen molar-refractivity contribution in [2.45, 2.75) is 13.0 Å². The first-order valence-electron chi connectivity index (χ1n) is 10.4. The van der Waals surface area contributed by atoms with Gasteiger partial charge >= 0.3 is 0 Å². The Bertz CT molecular complexity index is 1100. The van der Waals surface area contributed by atoms with Crippen LogP contribution in [0, 0.1) is 0 Å². The van der Waals surface area contributed by atoms with E-state index in [-0.39, 0.29) is 34.2 Å². The fourth-order valence-electron chi connectivity index (χ4n) is 3.69. The molecule has 9 heteroatoms. The molecule has 2 N–H and O–H groups in total. The van der Waals surface area contributed by atoms with Crippen LogP contribution in [-0.2, 0) is 9.59 Å². The van der Waals surface area contributed by atoms with Crippen molar-refractivity contribution >= 4 is 29.1 Å². The van der Waals surface area contributed by atoms with E-state index >= 15 is 0 Å². The highest BCUT2D eigenvalue weighted by molar-refractivity contribution is 6.47. The van der Waals surface area contributed by atoms with Gasteiger partial charge < -0.3 is 29.5 Å². The number of hydrogen-bond donors (Lipinski definition) is 2. The first kappa shape index (κ1) is 24.4. The van der Waals surface area contributed by atoms with Crippen LogP contribution in [0.15, 0.2) is 42.0 Å². The van der Waals surface area contributed by atoms with Gasteiger partial charge in [0.15, 0.2) is 11.5 Å². The van der Waals surface area contributed by atoms with Gasteiger partial charge in [0.1, 0.15) is 11.5 Å². The number of aromatic hydroxyl groups is 1. The molecule has 0 radical (unpaired) electrons. The number of benzene rings is 2. The number of carbonyl (C=O) groups excluding carboxylic acids is 2. The lowest BCUT2D eigenvalue weighted by molar-refractivity contribution is -0.140. The molecule has 1 aliphatic heterocycles. The van der Waals surface area contributed by atoms with Crippen molar-refractivity contribution in [3.05, 3.63) is 58.1 Å². The molecule has 1 heterocycles. The molecular formula is C24H27ClN2O6. The highest BCUT2D eigenvalue weighted by atomic mass is 35.5. The van der Waals surface area contributed by atoms with Gasteiger partial charge in [0.25, 0.3) is 11.7 Å². The van der Waals surface area contributed by atoms with E-state index in [1.807, 2.05) is 19.0 Å². The third kappa shape index (κ3) is 4.91. The van der Waals surface area contributed by atoms with Crippen LogP contribution in [0.5, 0.6) is 17.2 Å². The minimum atomic E-state index is -0.896. The Morgan fingerprint density at radius 1 is 1.18 bits per heavy atom. The first-order chi connectivity index (χ1) is 15.7. The molecule has 33 heavy (non-hydrogen) atoms. The standard InChI is InChI=1S/C24H27ClN2O6/c1-5-33-19-12-14(6-9-18(19)28)21-20(23(30)24(31)27(21)11-10-26(2)3)22(29)16-13-15(32-4)7-8-17(16)25/h6-9,12-13,21,28-29H,5,10-11H2,1-4H3/b22-20+. The number of likely N-dealkylation sites (tertiary alicyclic amines) is 1. The molecule has 2 aromatic rings. The van der Waals surface area contributed by atoms with E-state index < -0.39 is 23.5 Å². The van der Waals surface area contributed by atoms with E-state index in [1.165, 1.54) is 24.1 Å². The van der Waals surface area contributed by atoms with E-state index in [9.17, 15) is 19.8 Å². The number of rotatable bonds is 8. The van der Waals surface area contributed by atoms with E-state index in [2.05, 4.69) is 0 Å². The van der Waals surface area contributed by atoms with Gasteiger partial charge in [-0.15, -0.1) is 0 Å². The number of nitrogens with zero attached hydrogens (tertiary/aromatic N) is 2. The number of aliphatic hydroxyl groups excluding tert-OH is 1. The number of ketones is 1. The second-order valence-electron chi connectivity index (χ2n) is 7.80. The fourth-order valence-corrected chi connectivity index (χ4v) is 3.90. The van der Waals surface area contributed by atoms with Crippen LogP contribution >= 0.6 is 11.6 Å². The number of halogens is 1. The van der Waals surface area contributed by atoms with Crippen molar-refractivity contribution in [1.82, 2.24) is 9.80 Å². The minimum absolute atomic E-state index is 0.0679. The maximum Gasteiger partial charge on any atom is 0.295 e. The molecule has 176 valence electrons. The lowest BCUT2D eigenvalue weighted by Gasteiger charge is -2.27. The predicted octanol–water partition coefficient (Wildman–Crippen LogP) is 3.44. The second kappa shape index (κ2) is 10.1. The summed E-state index contributed by atoms with van der Waals surface area (Å²) in [4.78, 5) is 29.4. The Hall–Kier alpha value is -3.23. The maximum absolute atomic E-state index is 13.1. The molecule has 1 atom stereocenters. The van der Waals surface area contributed by atoms with Crippen LogP contribution in [-0.4, -0.2) is 72.6 Å². The molecule has 1 aliphatic rings. The summed E-state index contributed by atoms with van der Waals surface area (Å²) < 4.78 is 10.7. The van der Waals surface area contributed by atoms with Crippen molar-refractivity contribution in [2.75, 3.05) is 40.9 Å². The molecule has 3 rings (SSSR count). The number of ether oxygens (including phenoxy) is 2. The molecule has 0 bridgehead atoms. The first-order valence-corrected chi connectivity index (χ1v) is 10.8. The van der Waals surface area contributed by atoms with E-state index in [4.69, 9.17) is 21.1 Å². The zero-order valence-corrected chi connectivity index (χ0v) is 19.7. The molecule has 2 aromatic carbocycles. The van der Waals surface area contributed by atoms with Crippen LogP contribution in [0.2, 0.25) is 5.02 Å². The van der Waals surface area contributed by atoms with Gasteiger partial charge in [-0.25, -0.2) is 0 Å². The van der Waals surface area contributed by atoms with Gasteiger partial charge in [0.05, 0.1) is 30.4 Å². The molecule has 1 unspecified atom stereocenters. The third-order valence-electron chi connectivity index (χ3n) is 5.36. The predicted molar refractivity (Wildman–Crippen MR) is 125 cm³/mol. The summed E-state index contributed by atoms with van der Waals surface area (Å²) >= 11 is 6.31. The molecule has 1 saturated heterocycles. The largest absolute Gasteiger partial charge is 0.507 e. The second-order valence-corrected chi connectivity index (χ2v) is 8.21. The van der Waals surface area contributed by atoms with E-state index in [0.717, 1.165) is 0 Å². The Labute approximate surface area is 197 Å². The van der Waals surface area contributed by atoms with Crippen molar-refractivity contribution in [1.29, 1.82) is 0 Å². The Kier molecular flexibility index (Phi) is 7.50. The highest BCUT2D eigenvalue weighted by Gasteiger charge is 2.46. The summed E-state index contributed by atoms with van der Waals surface area (Å²) in [6.07, 6.45) is 0. The van der Waals surface area contributed by atoms with Gasteiger partial charge in [-0.3, -0.25) is 9.59 Å². The number of likely N-dealkylation sites (N-methyl/N-ethyl adjacent to an activating group) is 1. The number of aliphatic hydroxyl groups is 1. The van der Waals surface area contributed by atoms with E-state index in [1.54, 1.807) is 31.2 Å². The smallest absolute Gasteiger partial charge is 0.295 e. The van der Waals surface area contributed by atoms with E-state index in [0.29, 0.717) is 24.5 Å². The summed E-state index contributed by atoms with van der Waals surface area (Å²) in [6, 6.07) is 8.37. The Morgan fingerprint density at radius 2 is 1.91 bits per heavy atom. The lowest BCUT2D eigenvalue weighted by Crippen LogP contribution is -2.35. The molecule has 0 aromatic heterocycles. The van der Waals surface area contributed by atoms with Gasteiger partial charge in [-0.1, -0.05) is 17.7 Å². The topological polar surface area (TPSA) is 99.5 Å². The van der Waals surface area contributed by atoms with Gasteiger partial charge in [0, 0.05) is 18.7 Å². The van der Waals surface area contributed by atoms with Crippen LogP contribution in [0.4, 0.5) is 0 Å². The fraction of sp³-hybridized carbons (Fsp3) is 0.333. The maximum atomic E-state index is 13.1. The van der Waals surface area contributed by atoms with Crippen molar-refractivity contribution in [3.8, 4) is 17.2 Å². The van der Waals surface area contributed by atoms with Crippen molar-refractivity contribution < 1.29 is 29.3 Å². The number of Topliss-reactive ketones (excluding diaryl/α,β-unsaturated/α-hetero) is 1. The van der Waals surface area contributed by atoms with Crippen molar-refractivity contribution in [3.63, 3.8) is 0 Å². The Morgan fingerprint density at radius 3 is 2.55 bits per heavy atom. The van der Waals surface area contributed by atoms with Crippen LogP contribution in [0.1, 0.15) is 24.1 Å².